The Hall–Kier alpha value is -3.52. The van der Waals surface area contributed by atoms with Crippen LogP contribution < -0.4 is 16.4 Å². The number of carbonyl (C=O) groups is 3. The fourth-order valence-corrected chi connectivity index (χ4v) is 8.11. The number of para-hydroxylation sites is 1. The van der Waals surface area contributed by atoms with E-state index in [9.17, 15) is 27.6 Å². The lowest BCUT2D eigenvalue weighted by molar-refractivity contribution is -0.137. The standard InChI is InChI=1S/C34H43BrF3N7O3/c35-27-20-22(19-26(30(27)39)34(36,37)38)21-29(31(46)43-14-8-24(9-15-43)42-12-3-4-13-42)41-32(47)44-16-10-25(11-17-44)45-18-7-23-5-1-2-6-28(23)40-33(45)48/h1-2,5-6,19-20,24-25,29H,3-4,7-18,21,39H2,(H,40,48)(H,41,47)/t29-/m1/s1. The summed E-state index contributed by atoms with van der Waals surface area (Å²) in [6, 6.07) is 8.87. The minimum Gasteiger partial charge on any atom is -0.397 e. The number of likely N-dealkylation sites (tertiary alicyclic amines) is 3. The van der Waals surface area contributed by atoms with Crippen LogP contribution in [0.15, 0.2) is 40.9 Å². The zero-order valence-corrected chi connectivity index (χ0v) is 28.5. The van der Waals surface area contributed by atoms with E-state index >= 15 is 0 Å². The van der Waals surface area contributed by atoms with Gasteiger partial charge in [-0.1, -0.05) is 18.2 Å². The molecule has 4 aliphatic heterocycles. The van der Waals surface area contributed by atoms with Gasteiger partial charge in [-0.25, -0.2) is 9.59 Å². The maximum Gasteiger partial charge on any atom is 0.418 e. The molecule has 10 nitrogen and oxygen atoms in total. The van der Waals surface area contributed by atoms with E-state index in [1.54, 1.807) is 9.80 Å². The number of hydrogen-bond donors (Lipinski definition) is 3. The van der Waals surface area contributed by atoms with E-state index in [-0.39, 0.29) is 34.4 Å². The Labute approximate surface area is 287 Å². The number of anilines is 2. The second kappa shape index (κ2) is 14.5. The number of amides is 5. The van der Waals surface area contributed by atoms with Crippen LogP contribution in [0.1, 0.15) is 55.2 Å². The lowest BCUT2D eigenvalue weighted by Gasteiger charge is -2.39. The number of alkyl halides is 3. The third-order valence-electron chi connectivity index (χ3n) is 10.3. The second-order valence-corrected chi connectivity index (χ2v) is 14.1. The van der Waals surface area contributed by atoms with Crippen molar-refractivity contribution in [3.05, 3.63) is 57.6 Å². The molecule has 0 radical (unpaired) electrons. The fourth-order valence-electron chi connectivity index (χ4n) is 7.60. The van der Waals surface area contributed by atoms with Crippen molar-refractivity contribution in [3.63, 3.8) is 0 Å². The van der Waals surface area contributed by atoms with E-state index < -0.39 is 29.5 Å². The summed E-state index contributed by atoms with van der Waals surface area (Å²) in [5.74, 6) is -0.305. The number of halogens is 4. The van der Waals surface area contributed by atoms with E-state index in [1.165, 1.54) is 18.9 Å². The van der Waals surface area contributed by atoms with E-state index in [0.29, 0.717) is 51.6 Å². The minimum atomic E-state index is -4.68. The summed E-state index contributed by atoms with van der Waals surface area (Å²) >= 11 is 3.15. The number of hydrogen-bond acceptors (Lipinski definition) is 5. The lowest BCUT2D eigenvalue weighted by atomic mass is 9.98. The molecule has 0 saturated carbocycles. The fraction of sp³-hybridized carbons (Fsp3) is 0.559. The quantitative estimate of drug-likeness (QED) is 0.349. The monoisotopic (exact) mass is 733 g/mol. The van der Waals surface area contributed by atoms with Crippen LogP contribution in [0.5, 0.6) is 0 Å². The number of nitrogens with zero attached hydrogens (tertiary/aromatic N) is 4. The number of carbonyl (C=O) groups excluding carboxylic acids is 3. The number of nitrogen functional groups attached to an aromatic ring is 1. The van der Waals surface area contributed by atoms with Crippen molar-refractivity contribution in [2.75, 3.05) is 56.9 Å². The van der Waals surface area contributed by atoms with E-state index in [1.807, 2.05) is 29.2 Å². The van der Waals surface area contributed by atoms with Gasteiger partial charge in [-0.3, -0.25) is 4.79 Å². The molecule has 3 saturated heterocycles. The highest BCUT2D eigenvalue weighted by Gasteiger charge is 2.37. The molecule has 0 spiro atoms. The summed E-state index contributed by atoms with van der Waals surface area (Å²) < 4.78 is 41.5. The average Bonchev–Trinajstić information content (AvgIpc) is 3.56. The Morgan fingerprint density at radius 1 is 0.938 bits per heavy atom. The first-order valence-corrected chi connectivity index (χ1v) is 17.7. The number of piperidine rings is 2. The molecule has 4 heterocycles. The lowest BCUT2D eigenvalue weighted by Crippen LogP contribution is -2.57. The Balaban J connectivity index is 1.12. The van der Waals surface area contributed by atoms with Crippen LogP contribution in [0.3, 0.4) is 0 Å². The maximum atomic E-state index is 14.0. The van der Waals surface area contributed by atoms with Crippen molar-refractivity contribution < 1.29 is 27.6 Å². The van der Waals surface area contributed by atoms with Crippen molar-refractivity contribution in [1.82, 2.24) is 24.9 Å². The Kier molecular flexibility index (Phi) is 10.4. The Morgan fingerprint density at radius 2 is 1.58 bits per heavy atom. The number of nitrogens with two attached hydrogens (primary N) is 1. The predicted octanol–water partition coefficient (Wildman–Crippen LogP) is 5.31. The summed E-state index contributed by atoms with van der Waals surface area (Å²) in [6.07, 6.45) is 1.07. The molecule has 5 amide bonds. The zero-order valence-electron chi connectivity index (χ0n) is 26.9. The van der Waals surface area contributed by atoms with Crippen molar-refractivity contribution in [2.45, 2.75) is 75.7 Å². The summed E-state index contributed by atoms with van der Waals surface area (Å²) in [7, 11) is 0. The number of fused-ring (bicyclic) bond motifs is 1. The van der Waals surface area contributed by atoms with Crippen molar-refractivity contribution in [2.24, 2.45) is 0 Å². The van der Waals surface area contributed by atoms with Gasteiger partial charge in [0, 0.05) is 61.4 Å². The van der Waals surface area contributed by atoms with Crippen LogP contribution in [-0.4, -0.2) is 102 Å². The molecule has 0 unspecified atom stereocenters. The number of rotatable bonds is 6. The Morgan fingerprint density at radius 3 is 2.27 bits per heavy atom. The number of nitrogens with one attached hydrogen (secondary N) is 2. The van der Waals surface area contributed by atoms with E-state index in [0.717, 1.165) is 49.7 Å². The van der Waals surface area contributed by atoms with Crippen LogP contribution >= 0.6 is 15.9 Å². The molecule has 48 heavy (non-hydrogen) atoms. The molecule has 3 fully saturated rings. The first-order chi connectivity index (χ1) is 23.0. The van der Waals surface area contributed by atoms with Gasteiger partial charge in [-0.2, -0.15) is 13.2 Å². The first-order valence-electron chi connectivity index (χ1n) is 16.9. The van der Waals surface area contributed by atoms with Gasteiger partial charge in [0.25, 0.3) is 0 Å². The van der Waals surface area contributed by atoms with Crippen LogP contribution in [0.25, 0.3) is 0 Å². The van der Waals surface area contributed by atoms with Gasteiger partial charge in [0.1, 0.15) is 6.04 Å². The molecule has 6 rings (SSSR count). The summed E-state index contributed by atoms with van der Waals surface area (Å²) in [6.45, 7) is 4.51. The molecule has 0 aromatic heterocycles. The molecule has 4 aliphatic rings. The second-order valence-electron chi connectivity index (χ2n) is 13.3. The molecule has 4 N–H and O–H groups in total. The van der Waals surface area contributed by atoms with Gasteiger partial charge < -0.3 is 36.0 Å². The largest absolute Gasteiger partial charge is 0.418 e. The molecule has 0 bridgehead atoms. The maximum absolute atomic E-state index is 14.0. The molecular weight excluding hydrogens is 691 g/mol. The number of urea groups is 2. The van der Waals surface area contributed by atoms with Crippen LogP contribution in [0.4, 0.5) is 34.1 Å². The van der Waals surface area contributed by atoms with Gasteiger partial charge in [-0.15, -0.1) is 0 Å². The summed E-state index contributed by atoms with van der Waals surface area (Å²) in [5.41, 5.74) is 6.46. The SMILES string of the molecule is Nc1c(Br)cc(C[C@@H](NC(=O)N2CCC(N3CCc4ccccc4NC3=O)CC2)C(=O)N2CCC(N3CCCC3)CC2)cc1C(F)(F)F. The van der Waals surface area contributed by atoms with Gasteiger partial charge in [0.05, 0.1) is 11.3 Å². The van der Waals surface area contributed by atoms with Gasteiger partial charge in [-0.05, 0) is 103 Å². The van der Waals surface area contributed by atoms with Crippen LogP contribution in [-0.2, 0) is 23.8 Å². The first kappa shape index (κ1) is 34.3. The minimum absolute atomic E-state index is 0.0504. The highest BCUT2D eigenvalue weighted by atomic mass is 79.9. The molecular formula is C34H43BrF3N7O3. The number of benzene rings is 2. The smallest absolute Gasteiger partial charge is 0.397 e. The third kappa shape index (κ3) is 7.69. The van der Waals surface area contributed by atoms with Crippen LogP contribution in [0.2, 0.25) is 0 Å². The molecule has 260 valence electrons. The van der Waals surface area contributed by atoms with Crippen molar-refractivity contribution in [3.8, 4) is 0 Å². The van der Waals surface area contributed by atoms with E-state index in [4.69, 9.17) is 5.73 Å². The van der Waals surface area contributed by atoms with Gasteiger partial charge >= 0.3 is 18.2 Å². The summed E-state index contributed by atoms with van der Waals surface area (Å²) in [4.78, 5) is 48.3. The topological polar surface area (TPSA) is 114 Å². The molecule has 2 aromatic rings. The summed E-state index contributed by atoms with van der Waals surface area (Å²) in [5, 5.41) is 5.88. The normalized spacial score (nSPS) is 20.7. The average molecular weight is 735 g/mol. The Bertz CT molecular complexity index is 1500. The van der Waals surface area contributed by atoms with Crippen molar-refractivity contribution >= 4 is 45.3 Å². The van der Waals surface area contributed by atoms with E-state index in [2.05, 4.69) is 31.5 Å². The highest BCUT2D eigenvalue weighted by molar-refractivity contribution is 9.10. The molecule has 0 aliphatic carbocycles. The molecule has 1 atom stereocenters. The van der Waals surface area contributed by atoms with Gasteiger partial charge in [0.2, 0.25) is 5.91 Å². The zero-order chi connectivity index (χ0) is 34.0. The van der Waals surface area contributed by atoms with Crippen molar-refractivity contribution in [1.29, 1.82) is 0 Å². The van der Waals surface area contributed by atoms with Crippen LogP contribution in [0, 0.1) is 0 Å². The predicted molar refractivity (Wildman–Crippen MR) is 180 cm³/mol. The highest BCUT2D eigenvalue weighted by Crippen LogP contribution is 2.38. The molecule has 14 heteroatoms. The molecule has 2 aromatic carbocycles. The van der Waals surface area contributed by atoms with Gasteiger partial charge in [0.15, 0.2) is 0 Å². The third-order valence-corrected chi connectivity index (χ3v) is 11.0.